The van der Waals surface area contributed by atoms with Gasteiger partial charge in [-0.05, 0) is 43.3 Å². The van der Waals surface area contributed by atoms with Crippen LogP contribution in [0.3, 0.4) is 0 Å². The number of nitrogens with one attached hydrogen (secondary N) is 2. The first-order valence-electron chi connectivity index (χ1n) is 6.66. The Hall–Kier alpha value is -2.21. The van der Waals surface area contributed by atoms with Gasteiger partial charge < -0.3 is 10.6 Å². The van der Waals surface area contributed by atoms with Crippen LogP contribution < -0.4 is 10.6 Å². The molecule has 0 aliphatic carbocycles. The monoisotopic (exact) mass is 364 g/mol. The summed E-state index contributed by atoms with van der Waals surface area (Å²) in [7, 11) is 0. The van der Waals surface area contributed by atoms with Gasteiger partial charge in [-0.15, -0.1) is 0 Å². The molecule has 2 N–H and O–H groups in total. The van der Waals surface area contributed by atoms with Crippen LogP contribution in [0.15, 0.2) is 46.9 Å². The maximum atomic E-state index is 13.7. The van der Waals surface area contributed by atoms with Crippen molar-refractivity contribution in [3.63, 3.8) is 0 Å². The molecule has 0 unspecified atom stereocenters. The average Bonchev–Trinajstić information content (AvgIpc) is 2.50. The maximum Gasteiger partial charge on any atom is 0.258 e. The first-order chi connectivity index (χ1) is 10.5. The second kappa shape index (κ2) is 7.17. The molecule has 6 heteroatoms. The van der Waals surface area contributed by atoms with E-state index < -0.39 is 11.7 Å². The van der Waals surface area contributed by atoms with Gasteiger partial charge in [-0.1, -0.05) is 22.0 Å². The second-order valence-electron chi connectivity index (χ2n) is 4.52. The lowest BCUT2D eigenvalue weighted by atomic mass is 10.1. The third-order valence-electron chi connectivity index (χ3n) is 2.89. The van der Waals surface area contributed by atoms with Gasteiger partial charge in [0.05, 0.1) is 5.56 Å². The largest absolute Gasteiger partial charge is 0.352 e. The van der Waals surface area contributed by atoms with Crippen LogP contribution in [0, 0.1) is 5.82 Å². The van der Waals surface area contributed by atoms with Gasteiger partial charge in [0.25, 0.3) is 11.8 Å². The molecule has 22 heavy (non-hydrogen) atoms. The molecule has 2 aromatic rings. The van der Waals surface area contributed by atoms with Crippen LogP contribution in [-0.4, -0.2) is 18.4 Å². The predicted octanol–water partition coefficient (Wildman–Crippen LogP) is 3.59. The highest BCUT2D eigenvalue weighted by Gasteiger charge is 2.13. The Morgan fingerprint density at radius 2 is 1.91 bits per heavy atom. The van der Waals surface area contributed by atoms with Crippen LogP contribution in [0.25, 0.3) is 0 Å². The van der Waals surface area contributed by atoms with Crippen molar-refractivity contribution in [3.8, 4) is 0 Å². The van der Waals surface area contributed by atoms with Crippen LogP contribution in [0.1, 0.15) is 27.6 Å². The molecule has 0 fully saturated rings. The minimum absolute atomic E-state index is 0.0715. The molecule has 0 saturated carbocycles. The molecular formula is C16H14BrFN2O2. The van der Waals surface area contributed by atoms with Gasteiger partial charge in [-0.25, -0.2) is 4.39 Å². The third kappa shape index (κ3) is 3.92. The molecule has 4 nitrogen and oxygen atoms in total. The molecule has 0 aromatic heterocycles. The Bertz CT molecular complexity index is 719. The summed E-state index contributed by atoms with van der Waals surface area (Å²) in [5.74, 6) is -1.42. The molecule has 114 valence electrons. The van der Waals surface area contributed by atoms with Crippen LogP contribution in [-0.2, 0) is 0 Å². The van der Waals surface area contributed by atoms with Crippen LogP contribution in [0.5, 0.6) is 0 Å². The molecule has 0 aliphatic rings. The number of anilines is 1. The third-order valence-corrected chi connectivity index (χ3v) is 3.39. The lowest BCUT2D eigenvalue weighted by Crippen LogP contribution is -2.22. The zero-order valence-electron chi connectivity index (χ0n) is 11.8. The summed E-state index contributed by atoms with van der Waals surface area (Å²) in [6.07, 6.45) is 0. The second-order valence-corrected chi connectivity index (χ2v) is 5.43. The number of carbonyl (C=O) groups excluding carboxylic acids is 2. The highest BCUT2D eigenvalue weighted by Crippen LogP contribution is 2.18. The lowest BCUT2D eigenvalue weighted by Gasteiger charge is -2.08. The van der Waals surface area contributed by atoms with Crippen molar-refractivity contribution in [2.45, 2.75) is 6.92 Å². The van der Waals surface area contributed by atoms with Crippen molar-refractivity contribution in [1.82, 2.24) is 5.32 Å². The van der Waals surface area contributed by atoms with E-state index in [1.165, 1.54) is 18.2 Å². The van der Waals surface area contributed by atoms with E-state index in [9.17, 15) is 14.0 Å². The van der Waals surface area contributed by atoms with E-state index in [0.717, 1.165) is 0 Å². The molecule has 0 heterocycles. The Kier molecular flexibility index (Phi) is 5.27. The van der Waals surface area contributed by atoms with Crippen molar-refractivity contribution in [1.29, 1.82) is 0 Å². The highest BCUT2D eigenvalue weighted by atomic mass is 79.9. The molecule has 0 bridgehead atoms. The van der Waals surface area contributed by atoms with Crippen molar-refractivity contribution < 1.29 is 14.0 Å². The number of halogens is 2. The Morgan fingerprint density at radius 3 is 2.64 bits per heavy atom. The summed E-state index contributed by atoms with van der Waals surface area (Å²) in [5, 5.41) is 5.26. The minimum Gasteiger partial charge on any atom is -0.352 e. The minimum atomic E-state index is -0.611. The molecule has 0 atom stereocenters. The molecule has 0 saturated heterocycles. The summed E-state index contributed by atoms with van der Waals surface area (Å²) in [6, 6.07) is 10.6. The standard InChI is InChI=1S/C16H14BrFN2O2/c1-2-19-15(21)10-4-3-5-12(8-10)20-16(22)13-9-11(17)6-7-14(13)18/h3-9H,2H2,1H3,(H,19,21)(H,20,22). The van der Waals surface area contributed by atoms with E-state index in [4.69, 9.17) is 0 Å². The smallest absolute Gasteiger partial charge is 0.258 e. The zero-order valence-corrected chi connectivity index (χ0v) is 13.4. The fourth-order valence-corrected chi connectivity index (χ4v) is 2.23. The van der Waals surface area contributed by atoms with Gasteiger partial charge in [-0.2, -0.15) is 0 Å². The molecule has 2 aromatic carbocycles. The van der Waals surface area contributed by atoms with Gasteiger partial charge >= 0.3 is 0 Å². The molecule has 0 radical (unpaired) electrons. The van der Waals surface area contributed by atoms with E-state index in [2.05, 4.69) is 26.6 Å². The predicted molar refractivity (Wildman–Crippen MR) is 86.5 cm³/mol. The normalized spacial score (nSPS) is 10.1. The highest BCUT2D eigenvalue weighted by molar-refractivity contribution is 9.10. The van der Waals surface area contributed by atoms with Crippen LogP contribution in [0.2, 0.25) is 0 Å². The van der Waals surface area contributed by atoms with Crippen molar-refractivity contribution in [2.75, 3.05) is 11.9 Å². The lowest BCUT2D eigenvalue weighted by molar-refractivity contribution is 0.0954. The summed E-state index contributed by atoms with van der Waals surface area (Å²) in [6.45, 7) is 2.33. The molecular weight excluding hydrogens is 351 g/mol. The van der Waals surface area contributed by atoms with Crippen LogP contribution in [0.4, 0.5) is 10.1 Å². The van der Waals surface area contributed by atoms with E-state index >= 15 is 0 Å². The number of carbonyl (C=O) groups is 2. The first-order valence-corrected chi connectivity index (χ1v) is 7.45. The Balaban J connectivity index is 2.20. The number of benzene rings is 2. The van der Waals surface area contributed by atoms with E-state index in [0.29, 0.717) is 22.3 Å². The van der Waals surface area contributed by atoms with Gasteiger partial charge in [0.1, 0.15) is 5.82 Å². The maximum absolute atomic E-state index is 13.7. The van der Waals surface area contributed by atoms with Gasteiger partial charge in [0.15, 0.2) is 0 Å². The number of rotatable bonds is 4. The Morgan fingerprint density at radius 1 is 1.14 bits per heavy atom. The fraction of sp³-hybridized carbons (Fsp3) is 0.125. The van der Waals surface area contributed by atoms with Gasteiger partial charge in [-0.3, -0.25) is 9.59 Å². The summed E-state index contributed by atoms with van der Waals surface area (Å²) < 4.78 is 14.3. The van der Waals surface area contributed by atoms with Gasteiger partial charge in [0.2, 0.25) is 0 Å². The van der Waals surface area contributed by atoms with Crippen LogP contribution >= 0.6 is 15.9 Å². The average molecular weight is 365 g/mol. The van der Waals surface area contributed by atoms with Crippen molar-refractivity contribution in [3.05, 3.63) is 63.9 Å². The first kappa shape index (κ1) is 16.2. The molecule has 2 rings (SSSR count). The molecule has 2 amide bonds. The zero-order chi connectivity index (χ0) is 16.1. The van der Waals surface area contributed by atoms with Crippen molar-refractivity contribution >= 4 is 33.4 Å². The Labute approximate surface area is 135 Å². The summed E-state index contributed by atoms with van der Waals surface area (Å²) in [4.78, 5) is 23.9. The van der Waals surface area contributed by atoms with E-state index in [-0.39, 0.29) is 11.5 Å². The van der Waals surface area contributed by atoms with E-state index in [1.807, 2.05) is 6.92 Å². The SMILES string of the molecule is CCNC(=O)c1cccc(NC(=O)c2cc(Br)ccc2F)c1. The molecule has 0 aliphatic heterocycles. The fourth-order valence-electron chi connectivity index (χ4n) is 1.87. The topological polar surface area (TPSA) is 58.2 Å². The number of hydrogen-bond acceptors (Lipinski definition) is 2. The molecule has 0 spiro atoms. The van der Waals surface area contributed by atoms with E-state index in [1.54, 1.807) is 24.3 Å². The number of amides is 2. The quantitative estimate of drug-likeness (QED) is 0.870. The van der Waals surface area contributed by atoms with Crippen molar-refractivity contribution in [2.24, 2.45) is 0 Å². The van der Waals surface area contributed by atoms with Gasteiger partial charge in [0, 0.05) is 22.3 Å². The summed E-state index contributed by atoms with van der Waals surface area (Å²) >= 11 is 3.20. The summed E-state index contributed by atoms with van der Waals surface area (Å²) in [5.41, 5.74) is 0.778. The number of hydrogen-bond donors (Lipinski definition) is 2.